The number of carbonyl (C=O) groups is 1. The molecule has 1 amide bonds. The predicted molar refractivity (Wildman–Crippen MR) is 77.1 cm³/mol. The van der Waals surface area contributed by atoms with Crippen LogP contribution in [0.25, 0.3) is 0 Å². The summed E-state index contributed by atoms with van der Waals surface area (Å²) in [6.45, 7) is 2.25. The van der Waals surface area contributed by atoms with E-state index < -0.39 is 0 Å². The molecule has 0 radical (unpaired) electrons. The monoisotopic (exact) mass is 274 g/mol. The number of hydrogen-bond donors (Lipinski definition) is 1. The van der Waals surface area contributed by atoms with Gasteiger partial charge in [-0.2, -0.15) is 0 Å². The summed E-state index contributed by atoms with van der Waals surface area (Å²) in [7, 11) is 2.01. The van der Waals surface area contributed by atoms with Gasteiger partial charge in [0.1, 0.15) is 0 Å². The molecular weight excluding hydrogens is 248 g/mol. The van der Waals surface area contributed by atoms with Crippen LogP contribution in [-0.2, 0) is 4.79 Å². The van der Waals surface area contributed by atoms with Gasteiger partial charge >= 0.3 is 0 Å². The minimum absolute atomic E-state index is 0. The highest BCUT2D eigenvalue weighted by Gasteiger charge is 2.23. The third kappa shape index (κ3) is 4.43. The molecule has 0 bridgehead atoms. The van der Waals surface area contributed by atoms with Crippen LogP contribution in [0, 0.1) is 5.92 Å². The van der Waals surface area contributed by atoms with Crippen molar-refractivity contribution in [1.29, 1.82) is 0 Å². The molecule has 1 N–H and O–H groups in total. The van der Waals surface area contributed by atoms with Crippen molar-refractivity contribution in [2.45, 2.75) is 57.4 Å². The molecule has 18 heavy (non-hydrogen) atoms. The first-order chi connectivity index (χ1) is 8.27. The molecule has 2 fully saturated rings. The molecule has 0 aromatic rings. The van der Waals surface area contributed by atoms with Crippen LogP contribution in [0.3, 0.4) is 0 Å². The third-order valence-corrected chi connectivity index (χ3v) is 4.44. The molecule has 106 valence electrons. The number of hydrogen-bond acceptors (Lipinski definition) is 2. The number of carbonyl (C=O) groups excluding carboxylic acids is 1. The highest BCUT2D eigenvalue weighted by molar-refractivity contribution is 5.85. The summed E-state index contributed by atoms with van der Waals surface area (Å²) >= 11 is 0. The smallest absolute Gasteiger partial charge is 0.222 e. The topological polar surface area (TPSA) is 32.3 Å². The lowest BCUT2D eigenvalue weighted by atomic mass is 9.94. The molecule has 3 nitrogen and oxygen atoms in total. The second-order valence-electron chi connectivity index (χ2n) is 5.69. The summed E-state index contributed by atoms with van der Waals surface area (Å²) in [6, 6.07) is 0.526. The average molecular weight is 275 g/mol. The molecule has 4 heteroatoms. The van der Waals surface area contributed by atoms with Crippen LogP contribution in [0.1, 0.15) is 51.4 Å². The Bertz CT molecular complexity index is 248. The maximum Gasteiger partial charge on any atom is 0.222 e. The van der Waals surface area contributed by atoms with Crippen molar-refractivity contribution in [2.75, 3.05) is 20.1 Å². The van der Waals surface area contributed by atoms with E-state index in [-0.39, 0.29) is 12.4 Å². The van der Waals surface area contributed by atoms with Crippen molar-refractivity contribution in [2.24, 2.45) is 5.92 Å². The maximum absolute atomic E-state index is 12.1. The minimum Gasteiger partial charge on any atom is -0.343 e. The Morgan fingerprint density at radius 2 is 1.94 bits per heavy atom. The lowest BCUT2D eigenvalue weighted by Gasteiger charge is -2.31. The fourth-order valence-electron chi connectivity index (χ4n) is 3.14. The third-order valence-electron chi connectivity index (χ3n) is 4.44. The predicted octanol–water partition coefficient (Wildman–Crippen LogP) is 2.59. The van der Waals surface area contributed by atoms with E-state index in [1.807, 2.05) is 11.9 Å². The van der Waals surface area contributed by atoms with Gasteiger partial charge in [0.05, 0.1) is 0 Å². The van der Waals surface area contributed by atoms with E-state index in [2.05, 4.69) is 5.32 Å². The summed E-state index contributed by atoms with van der Waals surface area (Å²) in [5, 5.41) is 3.36. The minimum atomic E-state index is 0. The van der Waals surface area contributed by atoms with Crippen LogP contribution < -0.4 is 5.32 Å². The van der Waals surface area contributed by atoms with Gasteiger partial charge in [-0.05, 0) is 44.7 Å². The number of halogens is 1. The van der Waals surface area contributed by atoms with Gasteiger partial charge < -0.3 is 10.2 Å². The molecule has 1 unspecified atom stereocenters. The van der Waals surface area contributed by atoms with E-state index in [1.165, 1.54) is 38.5 Å². The van der Waals surface area contributed by atoms with Crippen molar-refractivity contribution in [3.8, 4) is 0 Å². The molecule has 1 saturated carbocycles. The lowest BCUT2D eigenvalue weighted by Crippen LogP contribution is -2.38. The van der Waals surface area contributed by atoms with E-state index in [4.69, 9.17) is 0 Å². The Hall–Kier alpha value is -0.280. The van der Waals surface area contributed by atoms with Crippen LogP contribution in [0.5, 0.6) is 0 Å². The first kappa shape index (κ1) is 15.8. The van der Waals surface area contributed by atoms with Gasteiger partial charge in [0.2, 0.25) is 5.91 Å². The average Bonchev–Trinajstić information content (AvgIpc) is 2.89. The molecule has 0 aromatic heterocycles. The van der Waals surface area contributed by atoms with Crippen LogP contribution in [0.4, 0.5) is 0 Å². The number of rotatable bonds is 4. The second-order valence-corrected chi connectivity index (χ2v) is 5.69. The fourth-order valence-corrected chi connectivity index (χ4v) is 3.14. The van der Waals surface area contributed by atoms with Crippen LogP contribution in [-0.4, -0.2) is 37.0 Å². The Kier molecular flexibility index (Phi) is 7.02. The van der Waals surface area contributed by atoms with E-state index in [0.29, 0.717) is 11.9 Å². The zero-order valence-corrected chi connectivity index (χ0v) is 12.3. The zero-order valence-electron chi connectivity index (χ0n) is 11.5. The first-order valence-electron chi connectivity index (χ1n) is 7.24. The van der Waals surface area contributed by atoms with Gasteiger partial charge in [0.25, 0.3) is 0 Å². The summed E-state index contributed by atoms with van der Waals surface area (Å²) in [5.74, 6) is 1.10. The highest BCUT2D eigenvalue weighted by atomic mass is 35.5. The molecular formula is C14H27ClN2O. The Balaban J connectivity index is 0.00000162. The van der Waals surface area contributed by atoms with Crippen molar-refractivity contribution in [1.82, 2.24) is 10.2 Å². The Morgan fingerprint density at radius 3 is 2.56 bits per heavy atom. The van der Waals surface area contributed by atoms with Gasteiger partial charge in [-0.3, -0.25) is 4.79 Å². The van der Waals surface area contributed by atoms with E-state index in [9.17, 15) is 4.79 Å². The highest BCUT2D eigenvalue weighted by Crippen LogP contribution is 2.23. The van der Waals surface area contributed by atoms with E-state index in [1.54, 1.807) is 0 Å². The summed E-state index contributed by atoms with van der Waals surface area (Å²) in [5.41, 5.74) is 0. The molecule has 1 aliphatic heterocycles. The van der Waals surface area contributed by atoms with E-state index >= 15 is 0 Å². The normalized spacial score (nSPS) is 24.6. The van der Waals surface area contributed by atoms with Gasteiger partial charge in [-0.25, -0.2) is 0 Å². The van der Waals surface area contributed by atoms with Crippen molar-refractivity contribution < 1.29 is 4.79 Å². The molecule has 1 heterocycles. The van der Waals surface area contributed by atoms with Gasteiger partial charge in [-0.1, -0.05) is 19.3 Å². The van der Waals surface area contributed by atoms with Crippen LogP contribution in [0.2, 0.25) is 0 Å². The van der Waals surface area contributed by atoms with Crippen LogP contribution in [0.15, 0.2) is 0 Å². The van der Waals surface area contributed by atoms with Gasteiger partial charge in [0, 0.05) is 19.5 Å². The Morgan fingerprint density at radius 1 is 1.22 bits per heavy atom. The number of nitrogens with zero attached hydrogens (tertiary/aromatic N) is 1. The molecule has 0 aromatic carbocycles. The Labute approximate surface area is 117 Å². The molecule has 0 spiro atoms. The quantitative estimate of drug-likeness (QED) is 0.855. The zero-order chi connectivity index (χ0) is 12.1. The summed E-state index contributed by atoms with van der Waals surface area (Å²) in [6.07, 6.45) is 9.46. The first-order valence-corrected chi connectivity index (χ1v) is 7.24. The molecule has 2 aliphatic rings. The van der Waals surface area contributed by atoms with Crippen molar-refractivity contribution in [3.63, 3.8) is 0 Å². The number of nitrogens with one attached hydrogen (secondary N) is 1. The lowest BCUT2D eigenvalue weighted by molar-refractivity contribution is -0.132. The van der Waals surface area contributed by atoms with Crippen LogP contribution >= 0.6 is 12.4 Å². The molecule has 1 aliphatic carbocycles. The van der Waals surface area contributed by atoms with Crippen molar-refractivity contribution in [3.05, 3.63) is 0 Å². The SMILES string of the molecule is CN(C(=O)CCC1CCNC1)C1CCCCC1.Cl. The molecule has 1 saturated heterocycles. The second kappa shape index (κ2) is 8.00. The van der Waals surface area contributed by atoms with Crippen molar-refractivity contribution >= 4 is 18.3 Å². The number of amides is 1. The van der Waals surface area contributed by atoms with E-state index in [0.717, 1.165) is 31.8 Å². The summed E-state index contributed by atoms with van der Waals surface area (Å²) < 4.78 is 0. The molecule has 1 atom stereocenters. The largest absolute Gasteiger partial charge is 0.343 e. The standard InChI is InChI=1S/C14H26N2O.ClH/c1-16(13-5-3-2-4-6-13)14(17)8-7-12-9-10-15-11-12;/h12-13,15H,2-11H2,1H3;1H. The molecule has 2 rings (SSSR count). The fraction of sp³-hybridized carbons (Fsp3) is 0.929. The summed E-state index contributed by atoms with van der Waals surface area (Å²) in [4.78, 5) is 14.1. The maximum atomic E-state index is 12.1. The van der Waals surface area contributed by atoms with Gasteiger partial charge in [-0.15, -0.1) is 12.4 Å². The van der Waals surface area contributed by atoms with Gasteiger partial charge in [0.15, 0.2) is 0 Å².